The lowest BCUT2D eigenvalue weighted by atomic mass is 10.1. The first-order chi connectivity index (χ1) is 9.58. The molecule has 4 nitrogen and oxygen atoms in total. The Hall–Kier alpha value is -1.59. The average molecular weight is 310 g/mol. The summed E-state index contributed by atoms with van der Waals surface area (Å²) in [5.41, 5.74) is 2.88. The maximum Gasteiger partial charge on any atom is 0.224 e. The Kier molecular flexibility index (Phi) is 4.98. The standard InChI is InChI=1S/C14H16ClN3OS/c1-3-13(19)18-10-5-4-9(2)11(6-10)16-8-14-17-7-12(15)20-14/h4-7,16H,3,8H2,1-2H3,(H,18,19). The van der Waals surface area contributed by atoms with Crippen molar-refractivity contribution in [1.82, 2.24) is 4.98 Å². The summed E-state index contributed by atoms with van der Waals surface area (Å²) in [6.07, 6.45) is 2.11. The molecule has 0 aliphatic heterocycles. The lowest BCUT2D eigenvalue weighted by Crippen LogP contribution is -2.10. The van der Waals surface area contributed by atoms with E-state index in [0.717, 1.165) is 21.9 Å². The number of nitrogens with one attached hydrogen (secondary N) is 2. The van der Waals surface area contributed by atoms with Crippen LogP contribution in [0, 0.1) is 6.92 Å². The van der Waals surface area contributed by atoms with Crippen LogP contribution in [0.2, 0.25) is 4.34 Å². The number of benzene rings is 1. The van der Waals surface area contributed by atoms with Crippen molar-refractivity contribution in [3.8, 4) is 0 Å². The zero-order valence-corrected chi connectivity index (χ0v) is 12.9. The predicted octanol–water partition coefficient (Wildman–Crippen LogP) is 4.07. The SMILES string of the molecule is CCC(=O)Nc1ccc(C)c(NCc2ncc(Cl)s2)c1. The lowest BCUT2D eigenvalue weighted by molar-refractivity contribution is -0.115. The summed E-state index contributed by atoms with van der Waals surface area (Å²) in [7, 11) is 0. The molecule has 1 aromatic heterocycles. The molecular formula is C14H16ClN3OS. The van der Waals surface area contributed by atoms with Gasteiger partial charge in [0.05, 0.1) is 12.7 Å². The highest BCUT2D eigenvalue weighted by atomic mass is 35.5. The highest BCUT2D eigenvalue weighted by Crippen LogP contribution is 2.23. The normalized spacial score (nSPS) is 10.3. The maximum absolute atomic E-state index is 11.4. The van der Waals surface area contributed by atoms with Crippen molar-refractivity contribution in [3.05, 3.63) is 39.3 Å². The van der Waals surface area contributed by atoms with Crippen molar-refractivity contribution in [2.75, 3.05) is 10.6 Å². The Labute approximate surface area is 127 Å². The Morgan fingerprint density at radius 1 is 1.45 bits per heavy atom. The number of aromatic nitrogens is 1. The number of thiazole rings is 1. The first kappa shape index (κ1) is 14.8. The van der Waals surface area contributed by atoms with E-state index in [0.29, 0.717) is 17.3 Å². The molecule has 0 spiro atoms. The molecule has 106 valence electrons. The third-order valence-corrected chi connectivity index (χ3v) is 3.91. The smallest absolute Gasteiger partial charge is 0.224 e. The summed E-state index contributed by atoms with van der Waals surface area (Å²) in [6, 6.07) is 5.80. The molecular weight excluding hydrogens is 294 g/mol. The number of rotatable bonds is 5. The van der Waals surface area contributed by atoms with Crippen molar-refractivity contribution in [1.29, 1.82) is 0 Å². The summed E-state index contributed by atoms with van der Waals surface area (Å²) in [4.78, 5) is 15.6. The van der Waals surface area contributed by atoms with Crippen LogP contribution in [-0.4, -0.2) is 10.9 Å². The number of carbonyl (C=O) groups excluding carboxylic acids is 1. The molecule has 0 aliphatic rings. The Morgan fingerprint density at radius 2 is 2.25 bits per heavy atom. The minimum atomic E-state index is 0.00603. The van der Waals surface area contributed by atoms with Gasteiger partial charge in [-0.05, 0) is 24.6 Å². The number of hydrogen-bond donors (Lipinski definition) is 2. The third-order valence-electron chi connectivity index (χ3n) is 2.80. The van der Waals surface area contributed by atoms with Crippen molar-refractivity contribution < 1.29 is 4.79 Å². The van der Waals surface area contributed by atoms with Gasteiger partial charge < -0.3 is 10.6 Å². The van der Waals surface area contributed by atoms with Gasteiger partial charge in [-0.15, -0.1) is 11.3 Å². The summed E-state index contributed by atoms with van der Waals surface area (Å²) in [5, 5.41) is 7.09. The maximum atomic E-state index is 11.4. The molecule has 1 amide bonds. The Morgan fingerprint density at radius 3 is 2.90 bits per heavy atom. The number of aryl methyl sites for hydroxylation is 1. The van der Waals surface area contributed by atoms with E-state index in [1.807, 2.05) is 32.0 Å². The van der Waals surface area contributed by atoms with E-state index in [1.54, 1.807) is 6.20 Å². The molecule has 0 bridgehead atoms. The molecule has 0 unspecified atom stereocenters. The molecule has 20 heavy (non-hydrogen) atoms. The molecule has 0 fully saturated rings. The van der Waals surface area contributed by atoms with Crippen molar-refractivity contribution in [3.63, 3.8) is 0 Å². The number of hydrogen-bond acceptors (Lipinski definition) is 4. The minimum absolute atomic E-state index is 0.00603. The quantitative estimate of drug-likeness (QED) is 0.875. The van der Waals surface area contributed by atoms with E-state index in [2.05, 4.69) is 15.6 Å². The van der Waals surface area contributed by atoms with Crippen molar-refractivity contribution >= 4 is 40.2 Å². The van der Waals surface area contributed by atoms with Crippen LogP contribution < -0.4 is 10.6 Å². The third kappa shape index (κ3) is 3.95. The van der Waals surface area contributed by atoms with Gasteiger partial charge in [-0.1, -0.05) is 24.6 Å². The molecule has 0 atom stereocenters. The van der Waals surface area contributed by atoms with Gasteiger partial charge in [0, 0.05) is 17.8 Å². The van der Waals surface area contributed by atoms with Gasteiger partial charge >= 0.3 is 0 Å². The molecule has 0 saturated heterocycles. The fourth-order valence-electron chi connectivity index (χ4n) is 1.68. The number of halogens is 1. The molecule has 2 aromatic rings. The summed E-state index contributed by atoms with van der Waals surface area (Å²) in [6.45, 7) is 4.46. The zero-order valence-electron chi connectivity index (χ0n) is 11.4. The second-order valence-corrected chi connectivity index (χ2v) is 6.09. The van der Waals surface area contributed by atoms with Crippen LogP contribution in [-0.2, 0) is 11.3 Å². The zero-order chi connectivity index (χ0) is 14.5. The highest BCUT2D eigenvalue weighted by Gasteiger charge is 2.05. The number of amides is 1. The van der Waals surface area contributed by atoms with E-state index < -0.39 is 0 Å². The number of carbonyl (C=O) groups is 1. The van der Waals surface area contributed by atoms with Gasteiger partial charge in [-0.25, -0.2) is 4.98 Å². The van der Waals surface area contributed by atoms with Gasteiger partial charge in [-0.3, -0.25) is 4.79 Å². The van der Waals surface area contributed by atoms with Crippen LogP contribution in [0.25, 0.3) is 0 Å². The molecule has 1 heterocycles. The van der Waals surface area contributed by atoms with Crippen LogP contribution in [0.5, 0.6) is 0 Å². The molecule has 0 saturated carbocycles. The first-order valence-corrected chi connectivity index (χ1v) is 7.52. The van der Waals surface area contributed by atoms with Gasteiger partial charge in [0.2, 0.25) is 5.91 Å². The van der Waals surface area contributed by atoms with E-state index in [9.17, 15) is 4.79 Å². The van der Waals surface area contributed by atoms with Crippen molar-refractivity contribution in [2.45, 2.75) is 26.8 Å². The van der Waals surface area contributed by atoms with E-state index in [1.165, 1.54) is 11.3 Å². The lowest BCUT2D eigenvalue weighted by Gasteiger charge is -2.11. The first-order valence-electron chi connectivity index (χ1n) is 6.33. The van der Waals surface area contributed by atoms with Gasteiger partial charge in [0.15, 0.2) is 0 Å². The molecule has 2 rings (SSSR count). The van der Waals surface area contributed by atoms with Crippen molar-refractivity contribution in [2.24, 2.45) is 0 Å². The average Bonchev–Trinajstić information content (AvgIpc) is 2.85. The van der Waals surface area contributed by atoms with Crippen LogP contribution in [0.4, 0.5) is 11.4 Å². The molecule has 1 aromatic carbocycles. The fourth-order valence-corrected chi connectivity index (χ4v) is 2.58. The minimum Gasteiger partial charge on any atom is -0.378 e. The van der Waals surface area contributed by atoms with Gasteiger partial charge in [-0.2, -0.15) is 0 Å². The summed E-state index contributed by atoms with van der Waals surface area (Å²) < 4.78 is 0.683. The predicted molar refractivity (Wildman–Crippen MR) is 84.6 cm³/mol. The van der Waals surface area contributed by atoms with Crippen LogP contribution in [0.1, 0.15) is 23.9 Å². The molecule has 6 heteroatoms. The second-order valence-electron chi connectivity index (χ2n) is 4.34. The largest absolute Gasteiger partial charge is 0.378 e. The number of nitrogens with zero attached hydrogens (tertiary/aromatic N) is 1. The van der Waals surface area contributed by atoms with E-state index in [-0.39, 0.29) is 5.91 Å². The molecule has 0 aliphatic carbocycles. The highest BCUT2D eigenvalue weighted by molar-refractivity contribution is 7.15. The molecule has 0 radical (unpaired) electrons. The van der Waals surface area contributed by atoms with Crippen LogP contribution in [0.3, 0.4) is 0 Å². The summed E-state index contributed by atoms with van der Waals surface area (Å²) >= 11 is 7.31. The van der Waals surface area contributed by atoms with E-state index >= 15 is 0 Å². The molecule has 2 N–H and O–H groups in total. The Balaban J connectivity index is 2.06. The monoisotopic (exact) mass is 309 g/mol. The topological polar surface area (TPSA) is 54.0 Å². The van der Waals surface area contributed by atoms with Gasteiger partial charge in [0.25, 0.3) is 0 Å². The summed E-state index contributed by atoms with van der Waals surface area (Å²) in [5.74, 6) is 0.00603. The Bertz CT molecular complexity index is 612. The van der Waals surface area contributed by atoms with Crippen LogP contribution >= 0.6 is 22.9 Å². The van der Waals surface area contributed by atoms with E-state index in [4.69, 9.17) is 11.6 Å². The second kappa shape index (κ2) is 6.72. The fraction of sp³-hybridized carbons (Fsp3) is 0.286. The van der Waals surface area contributed by atoms with Gasteiger partial charge in [0.1, 0.15) is 9.34 Å². The number of anilines is 2. The van der Waals surface area contributed by atoms with Crippen LogP contribution in [0.15, 0.2) is 24.4 Å².